The van der Waals surface area contributed by atoms with Crippen molar-refractivity contribution in [2.24, 2.45) is 0 Å². The summed E-state index contributed by atoms with van der Waals surface area (Å²) in [7, 11) is 1.64. The smallest absolute Gasteiger partial charge is 0.239 e. The van der Waals surface area contributed by atoms with Crippen LogP contribution in [-0.4, -0.2) is 36.1 Å². The number of aryl methyl sites for hydroxylation is 1. The Bertz CT molecular complexity index is 861. The number of amides is 1. The first-order chi connectivity index (χ1) is 12.2. The van der Waals surface area contributed by atoms with Crippen LogP contribution in [0.25, 0.3) is 10.2 Å². The lowest BCUT2D eigenvalue weighted by Gasteiger charge is -2.08. The van der Waals surface area contributed by atoms with Crippen LogP contribution >= 0.6 is 11.3 Å². The van der Waals surface area contributed by atoms with Gasteiger partial charge in [-0.05, 0) is 37.1 Å². The zero-order chi connectivity index (χ0) is 17.6. The third-order valence-electron chi connectivity index (χ3n) is 3.76. The standard InChI is InChI=1S/C18H20N4O2S/c1-12-9-15-17(21-11-22-18(15)25-12)20-10-16(23)19-8-7-13-3-5-14(24-2)6-4-13/h3-6,9,11H,7-8,10H2,1-2H3,(H,19,23)(H,20,21,22). The van der Waals surface area contributed by atoms with E-state index in [0.29, 0.717) is 12.4 Å². The van der Waals surface area contributed by atoms with Crippen LogP contribution in [0.3, 0.4) is 0 Å². The number of carbonyl (C=O) groups excluding carboxylic acids is 1. The summed E-state index contributed by atoms with van der Waals surface area (Å²) in [6, 6.07) is 9.87. The van der Waals surface area contributed by atoms with Crippen LogP contribution in [-0.2, 0) is 11.2 Å². The molecule has 0 atom stereocenters. The second-order valence-electron chi connectivity index (χ2n) is 5.60. The van der Waals surface area contributed by atoms with Gasteiger partial charge in [-0.15, -0.1) is 11.3 Å². The number of ether oxygens (including phenoxy) is 1. The summed E-state index contributed by atoms with van der Waals surface area (Å²) in [6.07, 6.45) is 2.29. The molecule has 1 aromatic carbocycles. The zero-order valence-corrected chi connectivity index (χ0v) is 15.0. The van der Waals surface area contributed by atoms with Gasteiger partial charge in [0.2, 0.25) is 5.91 Å². The third-order valence-corrected chi connectivity index (χ3v) is 4.72. The minimum atomic E-state index is -0.0628. The van der Waals surface area contributed by atoms with Crippen molar-refractivity contribution in [1.82, 2.24) is 15.3 Å². The quantitative estimate of drug-likeness (QED) is 0.681. The van der Waals surface area contributed by atoms with Crippen molar-refractivity contribution >= 4 is 33.3 Å². The predicted octanol–water partition coefficient (Wildman–Crippen LogP) is 2.78. The molecule has 2 N–H and O–H groups in total. The summed E-state index contributed by atoms with van der Waals surface area (Å²) < 4.78 is 5.13. The van der Waals surface area contributed by atoms with Crippen LogP contribution in [0.1, 0.15) is 10.4 Å². The molecule has 0 aliphatic heterocycles. The van der Waals surface area contributed by atoms with E-state index in [9.17, 15) is 4.79 Å². The second-order valence-corrected chi connectivity index (χ2v) is 6.83. The molecule has 0 fully saturated rings. The van der Waals surface area contributed by atoms with Gasteiger partial charge in [0.1, 0.15) is 22.7 Å². The fourth-order valence-electron chi connectivity index (χ4n) is 2.48. The van der Waals surface area contributed by atoms with E-state index < -0.39 is 0 Å². The summed E-state index contributed by atoms with van der Waals surface area (Å²) in [5.74, 6) is 1.46. The van der Waals surface area contributed by atoms with Crippen molar-refractivity contribution in [3.8, 4) is 5.75 Å². The third kappa shape index (κ3) is 4.45. The number of aromatic nitrogens is 2. The van der Waals surface area contributed by atoms with Crippen LogP contribution in [0.5, 0.6) is 5.75 Å². The van der Waals surface area contributed by atoms with Gasteiger partial charge in [-0.1, -0.05) is 12.1 Å². The van der Waals surface area contributed by atoms with Gasteiger partial charge in [-0.25, -0.2) is 9.97 Å². The van der Waals surface area contributed by atoms with Crippen molar-refractivity contribution in [2.75, 3.05) is 25.5 Å². The number of nitrogens with zero attached hydrogens (tertiary/aromatic N) is 2. The zero-order valence-electron chi connectivity index (χ0n) is 14.2. The summed E-state index contributed by atoms with van der Waals surface area (Å²) in [5, 5.41) is 6.96. The number of hydrogen-bond donors (Lipinski definition) is 2. The van der Waals surface area contributed by atoms with Gasteiger partial charge in [-0.3, -0.25) is 4.79 Å². The van der Waals surface area contributed by atoms with E-state index in [1.165, 1.54) is 11.2 Å². The van der Waals surface area contributed by atoms with Gasteiger partial charge >= 0.3 is 0 Å². The van der Waals surface area contributed by atoms with E-state index in [1.54, 1.807) is 18.4 Å². The fourth-order valence-corrected chi connectivity index (χ4v) is 3.33. The van der Waals surface area contributed by atoms with Crippen LogP contribution in [0.4, 0.5) is 5.82 Å². The Morgan fingerprint density at radius 3 is 2.80 bits per heavy atom. The van der Waals surface area contributed by atoms with E-state index in [2.05, 4.69) is 20.6 Å². The van der Waals surface area contributed by atoms with Gasteiger partial charge in [0.05, 0.1) is 19.0 Å². The summed E-state index contributed by atoms with van der Waals surface area (Å²) >= 11 is 1.61. The topological polar surface area (TPSA) is 76.1 Å². The number of methoxy groups -OCH3 is 1. The van der Waals surface area contributed by atoms with Crippen molar-refractivity contribution in [3.05, 3.63) is 47.1 Å². The highest BCUT2D eigenvalue weighted by atomic mass is 32.1. The second kappa shape index (κ2) is 7.94. The van der Waals surface area contributed by atoms with Crippen LogP contribution in [0.15, 0.2) is 36.7 Å². The first kappa shape index (κ1) is 17.2. The summed E-state index contributed by atoms with van der Waals surface area (Å²) in [4.78, 5) is 22.6. The van der Waals surface area contributed by atoms with Gasteiger partial charge in [0, 0.05) is 11.4 Å². The average molecular weight is 356 g/mol. The number of benzene rings is 1. The van der Waals surface area contributed by atoms with Gasteiger partial charge < -0.3 is 15.4 Å². The molecule has 0 aliphatic rings. The average Bonchev–Trinajstić information content (AvgIpc) is 3.01. The van der Waals surface area contributed by atoms with Crippen LogP contribution in [0, 0.1) is 6.92 Å². The van der Waals surface area contributed by atoms with Crippen molar-refractivity contribution in [3.63, 3.8) is 0 Å². The first-order valence-electron chi connectivity index (χ1n) is 8.00. The lowest BCUT2D eigenvalue weighted by Crippen LogP contribution is -2.31. The Hall–Kier alpha value is -2.67. The molecule has 3 rings (SSSR count). The van der Waals surface area contributed by atoms with E-state index >= 15 is 0 Å². The molecule has 1 amide bonds. The summed E-state index contributed by atoms with van der Waals surface area (Å²) in [6.45, 7) is 2.80. The molecule has 2 heterocycles. The molecule has 0 bridgehead atoms. The Balaban J connectivity index is 1.47. The highest BCUT2D eigenvalue weighted by molar-refractivity contribution is 7.18. The molecule has 130 valence electrons. The lowest BCUT2D eigenvalue weighted by molar-refractivity contribution is -0.119. The van der Waals surface area contributed by atoms with Crippen molar-refractivity contribution < 1.29 is 9.53 Å². The molecule has 0 spiro atoms. The highest BCUT2D eigenvalue weighted by Gasteiger charge is 2.08. The number of carbonyl (C=O) groups is 1. The van der Waals surface area contributed by atoms with E-state index in [0.717, 1.165) is 28.0 Å². The minimum Gasteiger partial charge on any atom is -0.497 e. The van der Waals surface area contributed by atoms with E-state index in [1.807, 2.05) is 37.3 Å². The molecule has 0 saturated carbocycles. The largest absolute Gasteiger partial charge is 0.497 e. The molecular formula is C18H20N4O2S. The number of rotatable bonds is 7. The Morgan fingerprint density at radius 1 is 1.24 bits per heavy atom. The number of fused-ring (bicyclic) bond motifs is 1. The molecule has 7 heteroatoms. The maximum atomic E-state index is 12.0. The molecule has 6 nitrogen and oxygen atoms in total. The maximum Gasteiger partial charge on any atom is 0.239 e. The van der Waals surface area contributed by atoms with Gasteiger partial charge in [0.25, 0.3) is 0 Å². The van der Waals surface area contributed by atoms with Crippen molar-refractivity contribution in [1.29, 1.82) is 0 Å². The first-order valence-corrected chi connectivity index (χ1v) is 8.82. The lowest BCUT2D eigenvalue weighted by atomic mass is 10.1. The van der Waals surface area contributed by atoms with Gasteiger partial charge in [-0.2, -0.15) is 0 Å². The molecule has 25 heavy (non-hydrogen) atoms. The Kier molecular flexibility index (Phi) is 5.45. The number of nitrogens with one attached hydrogen (secondary N) is 2. The monoisotopic (exact) mass is 356 g/mol. The Morgan fingerprint density at radius 2 is 2.04 bits per heavy atom. The minimum absolute atomic E-state index is 0.0628. The highest BCUT2D eigenvalue weighted by Crippen LogP contribution is 2.27. The normalized spacial score (nSPS) is 10.6. The van der Waals surface area contributed by atoms with Gasteiger partial charge in [0.15, 0.2) is 0 Å². The molecule has 0 unspecified atom stereocenters. The molecular weight excluding hydrogens is 336 g/mol. The van der Waals surface area contributed by atoms with E-state index in [4.69, 9.17) is 4.74 Å². The Labute approximate surface area is 150 Å². The molecule has 0 saturated heterocycles. The molecule has 0 radical (unpaired) electrons. The van der Waals surface area contributed by atoms with Crippen LogP contribution in [0.2, 0.25) is 0 Å². The fraction of sp³-hybridized carbons (Fsp3) is 0.278. The van der Waals surface area contributed by atoms with Crippen LogP contribution < -0.4 is 15.4 Å². The molecule has 0 aliphatic carbocycles. The SMILES string of the molecule is COc1ccc(CCNC(=O)CNc2ncnc3sc(C)cc23)cc1. The summed E-state index contributed by atoms with van der Waals surface area (Å²) in [5.41, 5.74) is 1.15. The molecule has 3 aromatic rings. The maximum absolute atomic E-state index is 12.0. The van der Waals surface area contributed by atoms with E-state index in [-0.39, 0.29) is 12.5 Å². The number of thiophene rings is 1. The van der Waals surface area contributed by atoms with Crippen molar-refractivity contribution in [2.45, 2.75) is 13.3 Å². The number of hydrogen-bond acceptors (Lipinski definition) is 6. The molecule has 2 aromatic heterocycles. The number of anilines is 1. The predicted molar refractivity (Wildman–Crippen MR) is 100 cm³/mol.